The Bertz CT molecular complexity index is 607. The first kappa shape index (κ1) is 12.6. The van der Waals surface area contributed by atoms with Gasteiger partial charge in [0.25, 0.3) is 5.56 Å². The zero-order valence-electron chi connectivity index (χ0n) is 9.74. The van der Waals surface area contributed by atoms with E-state index >= 15 is 0 Å². The van der Waals surface area contributed by atoms with E-state index in [1.807, 2.05) is 30.3 Å². The Morgan fingerprint density at radius 1 is 1.22 bits per heavy atom. The largest absolute Gasteiger partial charge is 0.330 e. The highest BCUT2D eigenvalue weighted by atomic mass is 32.1. The highest BCUT2D eigenvalue weighted by molar-refractivity contribution is 7.80. The van der Waals surface area contributed by atoms with Crippen LogP contribution in [0.5, 0.6) is 0 Å². The van der Waals surface area contributed by atoms with Gasteiger partial charge >= 0.3 is 0 Å². The molecule has 1 aromatic carbocycles. The summed E-state index contributed by atoms with van der Waals surface area (Å²) < 4.78 is 1.24. The zero-order chi connectivity index (χ0) is 13.0. The van der Waals surface area contributed by atoms with Crippen LogP contribution < -0.4 is 11.3 Å². The topological polar surface area (TPSA) is 60.9 Å². The van der Waals surface area contributed by atoms with Crippen molar-refractivity contribution in [3.8, 4) is 11.3 Å². The summed E-state index contributed by atoms with van der Waals surface area (Å²) in [6, 6.07) is 12.8. The van der Waals surface area contributed by atoms with Crippen LogP contribution in [0.4, 0.5) is 0 Å². The minimum absolute atomic E-state index is 0.229. The van der Waals surface area contributed by atoms with Crippen molar-refractivity contribution in [2.45, 2.75) is 6.42 Å². The van der Waals surface area contributed by atoms with Crippen molar-refractivity contribution < 1.29 is 0 Å². The number of rotatable bonds is 3. The molecule has 0 amide bonds. The lowest BCUT2D eigenvalue weighted by atomic mass is 10.1. The first-order chi connectivity index (χ1) is 8.72. The van der Waals surface area contributed by atoms with Gasteiger partial charge in [-0.2, -0.15) is 9.78 Å². The summed E-state index contributed by atoms with van der Waals surface area (Å²) in [7, 11) is 0. The van der Waals surface area contributed by atoms with Crippen LogP contribution in [-0.4, -0.2) is 21.3 Å². The minimum Gasteiger partial charge on any atom is -0.330 e. The van der Waals surface area contributed by atoms with Crippen LogP contribution in [-0.2, 0) is 0 Å². The number of nitrogens with zero attached hydrogens (tertiary/aromatic N) is 2. The Balaban J connectivity index is 2.44. The number of hydrogen-bond acceptors (Lipinski definition) is 4. The highest BCUT2D eigenvalue weighted by Gasteiger charge is 2.06. The lowest BCUT2D eigenvalue weighted by Gasteiger charge is -2.07. The third-order valence-electron chi connectivity index (χ3n) is 2.46. The molecular formula is C13H13N3OS. The fourth-order valence-electron chi connectivity index (χ4n) is 1.58. The minimum atomic E-state index is -0.229. The second-order valence-electron chi connectivity index (χ2n) is 3.77. The van der Waals surface area contributed by atoms with Crippen molar-refractivity contribution in [1.29, 1.82) is 0 Å². The Morgan fingerprint density at radius 2 is 1.94 bits per heavy atom. The maximum absolute atomic E-state index is 11.7. The summed E-state index contributed by atoms with van der Waals surface area (Å²) in [6.45, 7) is 0.405. The molecular weight excluding hydrogens is 246 g/mol. The van der Waals surface area contributed by atoms with Crippen molar-refractivity contribution in [3.05, 3.63) is 52.8 Å². The predicted molar refractivity (Wildman–Crippen MR) is 75.6 cm³/mol. The van der Waals surface area contributed by atoms with E-state index in [1.165, 1.54) is 10.7 Å². The van der Waals surface area contributed by atoms with E-state index in [4.69, 9.17) is 18.0 Å². The molecule has 2 rings (SSSR count). The third kappa shape index (κ3) is 2.69. The maximum atomic E-state index is 11.7. The van der Waals surface area contributed by atoms with E-state index < -0.39 is 0 Å². The van der Waals surface area contributed by atoms with Gasteiger partial charge in [0, 0.05) is 18.1 Å². The van der Waals surface area contributed by atoms with Crippen molar-refractivity contribution in [3.63, 3.8) is 0 Å². The first-order valence-corrected chi connectivity index (χ1v) is 6.02. The molecule has 0 aliphatic carbocycles. The normalized spacial score (nSPS) is 10.3. The lowest BCUT2D eigenvalue weighted by Crippen LogP contribution is -2.29. The summed E-state index contributed by atoms with van der Waals surface area (Å²) in [6.07, 6.45) is 0.473. The summed E-state index contributed by atoms with van der Waals surface area (Å²) in [5, 5.41) is 4.27. The molecule has 92 valence electrons. The molecule has 0 bridgehead atoms. The van der Waals surface area contributed by atoms with Crippen LogP contribution in [0, 0.1) is 0 Å². The van der Waals surface area contributed by atoms with Crippen LogP contribution in [0.1, 0.15) is 6.42 Å². The molecule has 1 heterocycles. The maximum Gasteiger partial charge on any atom is 0.271 e. The average Bonchev–Trinajstić information content (AvgIpc) is 2.40. The van der Waals surface area contributed by atoms with E-state index in [0.717, 1.165) is 11.3 Å². The first-order valence-electron chi connectivity index (χ1n) is 5.61. The molecule has 0 saturated carbocycles. The van der Waals surface area contributed by atoms with E-state index in [0.29, 0.717) is 18.0 Å². The lowest BCUT2D eigenvalue weighted by molar-refractivity contribution is 0.841. The van der Waals surface area contributed by atoms with Gasteiger partial charge in [0.2, 0.25) is 0 Å². The predicted octanol–water partition coefficient (Wildman–Crippen LogP) is 1.43. The van der Waals surface area contributed by atoms with Gasteiger partial charge in [-0.15, -0.1) is 0 Å². The summed E-state index contributed by atoms with van der Waals surface area (Å²) in [5.41, 5.74) is 6.87. The molecule has 0 radical (unpaired) electrons. The number of nitrogens with two attached hydrogens (primary N) is 1. The second kappa shape index (κ2) is 5.66. The molecule has 0 atom stereocenters. The molecule has 5 heteroatoms. The molecule has 0 fully saturated rings. The van der Waals surface area contributed by atoms with Crippen molar-refractivity contribution >= 4 is 17.2 Å². The van der Waals surface area contributed by atoms with Crippen LogP contribution in [0.2, 0.25) is 0 Å². The highest BCUT2D eigenvalue weighted by Crippen LogP contribution is 2.13. The molecule has 0 aliphatic rings. The van der Waals surface area contributed by atoms with Crippen molar-refractivity contribution in [2.24, 2.45) is 5.73 Å². The van der Waals surface area contributed by atoms with E-state index in [-0.39, 0.29) is 5.56 Å². The molecule has 0 unspecified atom stereocenters. The quantitative estimate of drug-likeness (QED) is 0.847. The zero-order valence-corrected chi connectivity index (χ0v) is 10.6. The molecule has 2 N–H and O–H groups in total. The van der Waals surface area contributed by atoms with Crippen LogP contribution >= 0.6 is 12.2 Å². The second-order valence-corrected chi connectivity index (χ2v) is 4.24. The van der Waals surface area contributed by atoms with Gasteiger partial charge in [0.05, 0.1) is 5.69 Å². The Hall–Kier alpha value is -1.85. The summed E-state index contributed by atoms with van der Waals surface area (Å²) >= 11 is 5.14. The summed E-state index contributed by atoms with van der Waals surface area (Å²) in [5.74, 6) is 0. The van der Waals surface area contributed by atoms with Crippen LogP contribution in [0.15, 0.2) is 47.3 Å². The van der Waals surface area contributed by atoms with Gasteiger partial charge in [-0.05, 0) is 12.6 Å². The molecule has 4 nitrogen and oxygen atoms in total. The third-order valence-corrected chi connectivity index (χ3v) is 2.84. The monoisotopic (exact) mass is 259 g/mol. The number of aromatic nitrogens is 2. The molecule has 1 aromatic heterocycles. The van der Waals surface area contributed by atoms with Gasteiger partial charge in [-0.25, -0.2) is 0 Å². The van der Waals surface area contributed by atoms with Crippen molar-refractivity contribution in [2.75, 3.05) is 6.54 Å². The smallest absolute Gasteiger partial charge is 0.271 e. The Kier molecular flexibility index (Phi) is 3.96. The van der Waals surface area contributed by atoms with Crippen molar-refractivity contribution in [1.82, 2.24) is 9.78 Å². The number of benzene rings is 1. The number of thiocarbonyl (C=S) groups is 1. The van der Waals surface area contributed by atoms with Crippen LogP contribution in [0.3, 0.4) is 0 Å². The van der Waals surface area contributed by atoms with E-state index in [2.05, 4.69) is 5.10 Å². The van der Waals surface area contributed by atoms with Gasteiger partial charge < -0.3 is 5.73 Å². The number of hydrogen-bond donors (Lipinski definition) is 1. The van der Waals surface area contributed by atoms with E-state index in [9.17, 15) is 4.79 Å². The van der Waals surface area contributed by atoms with Gasteiger partial charge in [-0.1, -0.05) is 42.5 Å². The molecule has 18 heavy (non-hydrogen) atoms. The fourth-order valence-corrected chi connectivity index (χ4v) is 1.83. The molecule has 2 aromatic rings. The van der Waals surface area contributed by atoms with Crippen LogP contribution in [0.25, 0.3) is 11.3 Å². The standard InChI is InChI=1S/C13H13N3OS/c14-9-8-13(18)16-12(17)7-6-11(15-16)10-4-2-1-3-5-10/h1-7H,8-9,14H2. The van der Waals surface area contributed by atoms with E-state index in [1.54, 1.807) is 6.07 Å². The molecule has 0 saturated heterocycles. The SMILES string of the molecule is NCCC(=S)n1nc(-c2ccccc2)ccc1=O. The Labute approximate surface area is 110 Å². The van der Waals surface area contributed by atoms with Gasteiger partial charge in [-0.3, -0.25) is 4.79 Å². The molecule has 0 aliphatic heterocycles. The average molecular weight is 259 g/mol. The fraction of sp³-hybridized carbons (Fsp3) is 0.154. The molecule has 0 spiro atoms. The Morgan fingerprint density at radius 3 is 2.61 bits per heavy atom. The van der Waals surface area contributed by atoms with Gasteiger partial charge in [0.15, 0.2) is 0 Å². The summed E-state index contributed by atoms with van der Waals surface area (Å²) in [4.78, 5) is 12.1. The van der Waals surface area contributed by atoms with Gasteiger partial charge in [0.1, 0.15) is 4.99 Å².